The van der Waals surface area contributed by atoms with E-state index in [-0.39, 0.29) is 35.8 Å². The van der Waals surface area contributed by atoms with Gasteiger partial charge in [0.2, 0.25) is 5.91 Å². The molecule has 4 aromatic rings. The number of hydrogen-bond donors (Lipinski definition) is 3. The Hall–Kier alpha value is -4.64. The van der Waals surface area contributed by atoms with Crippen molar-refractivity contribution in [3.8, 4) is 0 Å². The number of H-pyrrole nitrogens is 1. The van der Waals surface area contributed by atoms with Crippen LogP contribution in [0.15, 0.2) is 70.6 Å². The number of hydrogen-bond acceptors (Lipinski definition) is 7. The largest absolute Gasteiger partial charge is 0.449 e. The number of carbonyl (C=O) groups excluding carboxylic acids is 2. The molecule has 0 radical (unpaired) electrons. The van der Waals surface area contributed by atoms with Crippen LogP contribution in [0.3, 0.4) is 0 Å². The first-order valence-corrected chi connectivity index (χ1v) is 16.3. The van der Waals surface area contributed by atoms with Crippen molar-refractivity contribution in [2.24, 2.45) is 0 Å². The first-order chi connectivity index (χ1) is 21.0. The van der Waals surface area contributed by atoms with E-state index < -0.39 is 21.7 Å². The molecule has 4 bridgehead atoms. The van der Waals surface area contributed by atoms with Crippen molar-refractivity contribution < 1.29 is 18.5 Å². The lowest BCUT2D eigenvalue weighted by molar-refractivity contribution is -0.131. The molecule has 10 nitrogen and oxygen atoms in total. The molecule has 3 aromatic carbocycles. The summed E-state index contributed by atoms with van der Waals surface area (Å²) in [5, 5.41) is 6.54. The van der Waals surface area contributed by atoms with Crippen LogP contribution in [-0.4, -0.2) is 55.9 Å². The number of aryl methyl sites for hydroxylation is 1. The van der Waals surface area contributed by atoms with Gasteiger partial charge in [-0.3, -0.25) is 19.1 Å². The molecule has 1 saturated carbocycles. The van der Waals surface area contributed by atoms with Crippen molar-refractivity contribution >= 4 is 49.7 Å². The fourth-order valence-corrected chi connectivity index (χ4v) is 7.91. The molecule has 1 aromatic heterocycles. The number of carbonyl (C=O) groups is 2. The van der Waals surface area contributed by atoms with Gasteiger partial charge in [-0.25, -0.2) is 9.78 Å². The van der Waals surface area contributed by atoms with Gasteiger partial charge in [0, 0.05) is 41.0 Å². The van der Waals surface area contributed by atoms with E-state index in [1.807, 2.05) is 32.0 Å². The van der Waals surface area contributed by atoms with Gasteiger partial charge in [-0.15, -0.1) is 0 Å². The molecule has 0 spiro atoms. The van der Waals surface area contributed by atoms with Gasteiger partial charge in [-0.05, 0) is 93.8 Å². The van der Waals surface area contributed by atoms with E-state index in [0.29, 0.717) is 32.7 Å². The van der Waals surface area contributed by atoms with Gasteiger partial charge in [-0.2, -0.15) is 0 Å². The molecule has 3 atom stereocenters. The summed E-state index contributed by atoms with van der Waals surface area (Å²) < 4.78 is 19.4. The Kier molecular flexibility index (Phi) is 7.66. The predicted octanol–water partition coefficient (Wildman–Crippen LogP) is 4.95. The molecule has 11 heteroatoms. The molecule has 2 amide bonds. The molecular weight excluding hydrogens is 578 g/mol. The number of rotatable bonds is 4. The third-order valence-electron chi connectivity index (χ3n) is 8.35. The van der Waals surface area contributed by atoms with Gasteiger partial charge >= 0.3 is 6.09 Å². The quantitative estimate of drug-likeness (QED) is 0.278. The zero-order valence-electron chi connectivity index (χ0n) is 24.9. The minimum Gasteiger partial charge on any atom is -0.449 e. The zero-order valence-corrected chi connectivity index (χ0v) is 25.7. The second-order valence-corrected chi connectivity index (χ2v) is 14.3. The highest BCUT2D eigenvalue weighted by Gasteiger charge is 2.34. The summed E-state index contributed by atoms with van der Waals surface area (Å²) in [7, 11) is -0.917. The van der Waals surface area contributed by atoms with E-state index in [1.165, 1.54) is 6.33 Å². The van der Waals surface area contributed by atoms with Gasteiger partial charge in [0.25, 0.3) is 5.56 Å². The highest BCUT2D eigenvalue weighted by atomic mass is 32.2. The standard InChI is InChI=1S/C33H35N5O5S/c1-19-13-21-5-10-26(19)20(2)17-43-33(41)37-23-7-12-29(44(4,42)25-8-9-25)22(14-23)16-38(3)32(40)30(21)36-24-6-11-28-27(15-24)31(39)35-18-34-28/h5-7,10-15,18,20,25,30,36H,4,8-9,16-17H2,1-3H3,(H,37,41)(H,34,35,39)/t20-,30+,44?/m0/s1. The minimum absolute atomic E-state index is 0.00757. The summed E-state index contributed by atoms with van der Waals surface area (Å²) in [6.45, 7) is 4.23. The number of nitrogens with zero attached hydrogens (tertiary/aromatic N) is 2. The predicted molar refractivity (Wildman–Crippen MR) is 173 cm³/mol. The number of fused-ring (bicyclic) bond motifs is 10. The molecule has 1 fully saturated rings. The maximum atomic E-state index is 14.3. The molecular formula is C33H35N5O5S. The Morgan fingerprint density at radius 1 is 1.07 bits per heavy atom. The second-order valence-electron chi connectivity index (χ2n) is 11.7. The van der Waals surface area contributed by atoms with Crippen LogP contribution in [0.2, 0.25) is 0 Å². The molecule has 3 N–H and O–H groups in total. The van der Waals surface area contributed by atoms with Crippen LogP contribution in [-0.2, 0) is 25.6 Å². The number of anilines is 2. The van der Waals surface area contributed by atoms with Crippen LogP contribution in [0.1, 0.15) is 54.0 Å². The SMILES string of the molecule is C=S(=O)(c1ccc2cc1CN(C)C(=O)[C@H](Nc1ccc3nc[nH]c(=O)c3c1)c1ccc(c(C)c1)[C@@H](C)COC(=O)N2)C1CC1. The van der Waals surface area contributed by atoms with Crippen LogP contribution in [0, 0.1) is 6.92 Å². The Morgan fingerprint density at radius 2 is 1.86 bits per heavy atom. The molecule has 7 rings (SSSR count). The zero-order chi connectivity index (χ0) is 31.2. The van der Waals surface area contributed by atoms with Crippen molar-refractivity contribution in [1.29, 1.82) is 0 Å². The summed E-state index contributed by atoms with van der Waals surface area (Å²) >= 11 is 0. The second kappa shape index (κ2) is 11.5. The molecule has 228 valence electrons. The lowest BCUT2D eigenvalue weighted by Crippen LogP contribution is -2.35. The Labute approximate surface area is 255 Å². The van der Waals surface area contributed by atoms with E-state index in [0.717, 1.165) is 29.5 Å². The van der Waals surface area contributed by atoms with Gasteiger partial charge in [-0.1, -0.05) is 25.1 Å². The molecule has 1 unspecified atom stereocenters. The Balaban J connectivity index is 1.44. The van der Waals surface area contributed by atoms with Crippen molar-refractivity contribution in [3.05, 3.63) is 93.5 Å². The minimum atomic E-state index is -2.61. The maximum absolute atomic E-state index is 14.3. The summed E-state index contributed by atoms with van der Waals surface area (Å²) in [5.74, 6) is 3.77. The topological polar surface area (TPSA) is 133 Å². The third-order valence-corrected chi connectivity index (χ3v) is 11.0. The molecule has 3 aliphatic rings. The highest BCUT2D eigenvalue weighted by Crippen LogP contribution is 2.36. The van der Waals surface area contributed by atoms with Crippen LogP contribution >= 0.6 is 0 Å². The van der Waals surface area contributed by atoms with Crippen LogP contribution < -0.4 is 16.2 Å². The Bertz CT molecular complexity index is 1950. The summed E-state index contributed by atoms with van der Waals surface area (Å²) in [6.07, 6.45) is 2.45. The lowest BCUT2D eigenvalue weighted by Gasteiger charge is -2.28. The van der Waals surface area contributed by atoms with E-state index in [9.17, 15) is 18.6 Å². The average Bonchev–Trinajstić information content (AvgIpc) is 3.85. The molecule has 1 aliphatic carbocycles. The average molecular weight is 614 g/mol. The number of ether oxygens (including phenoxy) is 1. The van der Waals surface area contributed by atoms with E-state index in [1.54, 1.807) is 48.3 Å². The number of nitrogens with one attached hydrogen (secondary N) is 3. The van der Waals surface area contributed by atoms with E-state index >= 15 is 0 Å². The van der Waals surface area contributed by atoms with Gasteiger partial charge in [0.1, 0.15) is 6.04 Å². The molecule has 0 saturated heterocycles. The molecule has 3 heterocycles. The van der Waals surface area contributed by atoms with Gasteiger partial charge in [0.05, 0.1) is 23.8 Å². The third kappa shape index (κ3) is 5.79. The summed E-state index contributed by atoms with van der Waals surface area (Å²) in [4.78, 5) is 48.5. The van der Waals surface area contributed by atoms with Gasteiger partial charge in [0.15, 0.2) is 0 Å². The number of benzene rings is 3. The van der Waals surface area contributed by atoms with Gasteiger partial charge < -0.3 is 19.9 Å². The Morgan fingerprint density at radius 3 is 2.61 bits per heavy atom. The van der Waals surface area contributed by atoms with Crippen molar-refractivity contribution in [2.45, 2.75) is 55.3 Å². The number of aromatic amines is 1. The fourth-order valence-electron chi connectivity index (χ4n) is 5.79. The smallest absolute Gasteiger partial charge is 0.411 e. The van der Waals surface area contributed by atoms with Crippen LogP contribution in [0.25, 0.3) is 10.9 Å². The maximum Gasteiger partial charge on any atom is 0.411 e. The normalized spacial score (nSPS) is 20.6. The number of likely N-dealkylation sites (N-methyl/N-ethyl adjacent to an activating group) is 1. The number of aromatic nitrogens is 2. The molecule has 2 aliphatic heterocycles. The van der Waals surface area contributed by atoms with E-state index in [2.05, 4.69) is 26.5 Å². The first kappa shape index (κ1) is 29.4. The number of amides is 2. The van der Waals surface area contributed by atoms with E-state index in [4.69, 9.17) is 4.74 Å². The fraction of sp³-hybridized carbons (Fsp3) is 0.303. The monoisotopic (exact) mass is 613 g/mol. The first-order valence-electron chi connectivity index (χ1n) is 14.5. The van der Waals surface area contributed by atoms with Crippen molar-refractivity contribution in [1.82, 2.24) is 14.9 Å². The van der Waals surface area contributed by atoms with Crippen molar-refractivity contribution in [3.63, 3.8) is 0 Å². The summed E-state index contributed by atoms with van der Waals surface area (Å²) in [6, 6.07) is 15.4. The summed E-state index contributed by atoms with van der Waals surface area (Å²) in [5.41, 5.74) is 4.64. The van der Waals surface area contributed by atoms with Crippen LogP contribution in [0.4, 0.5) is 16.2 Å². The van der Waals surface area contributed by atoms with Crippen LogP contribution in [0.5, 0.6) is 0 Å². The van der Waals surface area contributed by atoms with Crippen molar-refractivity contribution in [2.75, 3.05) is 24.3 Å². The highest BCUT2D eigenvalue weighted by molar-refractivity contribution is 8.01. The lowest BCUT2D eigenvalue weighted by atomic mass is 9.93. The molecule has 44 heavy (non-hydrogen) atoms.